The van der Waals surface area contributed by atoms with E-state index in [1.54, 1.807) is 0 Å². The largest absolute Gasteiger partial charge is 0.332 e. The van der Waals surface area contributed by atoms with E-state index in [1.165, 1.54) is 18.3 Å². The van der Waals surface area contributed by atoms with E-state index in [1.807, 2.05) is 6.92 Å². The van der Waals surface area contributed by atoms with Crippen molar-refractivity contribution in [1.82, 2.24) is 14.3 Å². The topological polar surface area (TPSA) is 73.8 Å². The summed E-state index contributed by atoms with van der Waals surface area (Å²) < 4.78 is 27.9. The summed E-state index contributed by atoms with van der Waals surface area (Å²) in [7, 11) is -1.98. The lowest BCUT2D eigenvalue weighted by Crippen LogP contribution is -2.43. The zero-order valence-electron chi connectivity index (χ0n) is 11.2. The highest BCUT2D eigenvalue weighted by Gasteiger charge is 2.34. The lowest BCUT2D eigenvalue weighted by Gasteiger charge is -2.28. The van der Waals surface area contributed by atoms with Gasteiger partial charge in [0.05, 0.1) is 6.04 Å². The van der Waals surface area contributed by atoms with Crippen LogP contribution in [0.2, 0.25) is 0 Å². The fourth-order valence-corrected chi connectivity index (χ4v) is 3.20. The number of nitrogens with zero attached hydrogens (tertiary/aromatic N) is 2. The molecule has 2 heterocycles. The van der Waals surface area contributed by atoms with Crippen LogP contribution < -0.4 is 9.44 Å². The molecule has 2 atom stereocenters. The van der Waals surface area contributed by atoms with Crippen molar-refractivity contribution in [3.05, 3.63) is 11.3 Å². The minimum atomic E-state index is -3.38. The van der Waals surface area contributed by atoms with Crippen LogP contribution in [-0.2, 0) is 10.2 Å². The molecule has 0 aromatic heterocycles. The van der Waals surface area contributed by atoms with Crippen LogP contribution in [0.4, 0.5) is 0 Å². The Morgan fingerprint density at radius 3 is 2.67 bits per heavy atom. The van der Waals surface area contributed by atoms with Crippen molar-refractivity contribution < 1.29 is 8.42 Å². The van der Waals surface area contributed by atoms with Crippen LogP contribution in [0.15, 0.2) is 16.3 Å². The number of fused-ring (bicyclic) bond motifs is 1. The molecular weight excluding hydrogens is 252 g/mol. The summed E-state index contributed by atoms with van der Waals surface area (Å²) >= 11 is 0. The standard InChI is InChI=1S/C11H20N4O2S/c1-7-8(2)13-9(3)15-6-10(5-11(7)15)14-18(16,17)12-4/h8,10,12,14H,5-6H2,1-4H3. The van der Waals surface area contributed by atoms with Crippen LogP contribution in [0.1, 0.15) is 27.2 Å². The number of hydrogen-bond donors (Lipinski definition) is 2. The van der Waals surface area contributed by atoms with Gasteiger partial charge in [0, 0.05) is 31.8 Å². The van der Waals surface area contributed by atoms with Gasteiger partial charge in [-0.3, -0.25) is 4.99 Å². The fraction of sp³-hybridized carbons (Fsp3) is 0.727. The van der Waals surface area contributed by atoms with E-state index in [9.17, 15) is 8.42 Å². The summed E-state index contributed by atoms with van der Waals surface area (Å²) in [5.74, 6) is 0.967. The number of aliphatic imine (C=N–C) groups is 1. The first-order chi connectivity index (χ1) is 8.34. The molecule has 0 spiro atoms. The van der Waals surface area contributed by atoms with Crippen molar-refractivity contribution in [3.8, 4) is 0 Å². The molecule has 0 radical (unpaired) electrons. The summed E-state index contributed by atoms with van der Waals surface area (Å²) in [6.45, 7) is 6.75. The Kier molecular flexibility index (Phi) is 3.48. The molecule has 0 amide bonds. The van der Waals surface area contributed by atoms with Gasteiger partial charge in [-0.15, -0.1) is 0 Å². The van der Waals surface area contributed by atoms with E-state index >= 15 is 0 Å². The Bertz CT molecular complexity index is 509. The first-order valence-electron chi connectivity index (χ1n) is 6.06. The van der Waals surface area contributed by atoms with Crippen LogP contribution in [-0.4, -0.2) is 44.8 Å². The maximum Gasteiger partial charge on any atom is 0.276 e. The van der Waals surface area contributed by atoms with Gasteiger partial charge in [0.1, 0.15) is 5.84 Å². The SMILES string of the molecule is CNS(=O)(=O)NC1CC2=C(C)C(C)N=C(C)N2C1. The number of amidine groups is 1. The van der Waals surface area contributed by atoms with Gasteiger partial charge in [-0.25, -0.2) is 4.72 Å². The third-order valence-electron chi connectivity index (χ3n) is 3.61. The Morgan fingerprint density at radius 1 is 1.39 bits per heavy atom. The van der Waals surface area contributed by atoms with Crippen molar-refractivity contribution in [2.75, 3.05) is 13.6 Å². The Labute approximate surface area is 108 Å². The maximum atomic E-state index is 11.5. The molecule has 0 aromatic carbocycles. The molecule has 2 aliphatic heterocycles. The molecule has 102 valence electrons. The predicted molar refractivity (Wildman–Crippen MR) is 71.5 cm³/mol. The van der Waals surface area contributed by atoms with E-state index < -0.39 is 10.2 Å². The van der Waals surface area contributed by atoms with Crippen molar-refractivity contribution >= 4 is 16.0 Å². The average Bonchev–Trinajstić information content (AvgIpc) is 2.70. The Hall–Kier alpha value is -0.920. The van der Waals surface area contributed by atoms with Gasteiger partial charge in [-0.05, 0) is 26.3 Å². The molecule has 18 heavy (non-hydrogen) atoms. The molecule has 6 nitrogen and oxygen atoms in total. The zero-order chi connectivity index (χ0) is 13.5. The smallest absolute Gasteiger partial charge is 0.276 e. The van der Waals surface area contributed by atoms with Gasteiger partial charge >= 0.3 is 0 Å². The average molecular weight is 272 g/mol. The van der Waals surface area contributed by atoms with Crippen LogP contribution in [0, 0.1) is 0 Å². The second-order valence-corrected chi connectivity index (χ2v) is 6.47. The molecule has 1 saturated heterocycles. The summed E-state index contributed by atoms with van der Waals surface area (Å²) in [4.78, 5) is 6.66. The van der Waals surface area contributed by atoms with E-state index in [-0.39, 0.29) is 12.1 Å². The molecule has 0 aromatic rings. The van der Waals surface area contributed by atoms with Crippen molar-refractivity contribution in [1.29, 1.82) is 0 Å². The molecule has 2 unspecified atom stereocenters. The summed E-state index contributed by atoms with van der Waals surface area (Å²) in [5, 5.41) is 0. The summed E-state index contributed by atoms with van der Waals surface area (Å²) in [6, 6.07) is 0.0961. The van der Waals surface area contributed by atoms with Crippen LogP contribution in [0.5, 0.6) is 0 Å². The van der Waals surface area contributed by atoms with Gasteiger partial charge in [0.2, 0.25) is 0 Å². The summed E-state index contributed by atoms with van der Waals surface area (Å²) in [5.41, 5.74) is 2.44. The van der Waals surface area contributed by atoms with E-state index in [2.05, 4.69) is 33.2 Å². The quantitative estimate of drug-likeness (QED) is 0.771. The monoisotopic (exact) mass is 272 g/mol. The highest BCUT2D eigenvalue weighted by molar-refractivity contribution is 7.87. The van der Waals surface area contributed by atoms with Crippen molar-refractivity contribution in [2.24, 2.45) is 4.99 Å². The molecular formula is C11H20N4O2S. The molecule has 2 aliphatic rings. The molecule has 2 rings (SSSR count). The van der Waals surface area contributed by atoms with E-state index in [0.29, 0.717) is 6.54 Å². The number of nitrogens with one attached hydrogen (secondary N) is 2. The van der Waals surface area contributed by atoms with Gasteiger partial charge in [-0.1, -0.05) is 0 Å². The highest BCUT2D eigenvalue weighted by atomic mass is 32.2. The molecule has 1 fully saturated rings. The Balaban J connectivity index is 2.19. The van der Waals surface area contributed by atoms with Gasteiger partial charge in [0.25, 0.3) is 10.2 Å². The fourth-order valence-electron chi connectivity index (χ4n) is 2.49. The lowest BCUT2D eigenvalue weighted by atomic mass is 10.0. The zero-order valence-corrected chi connectivity index (χ0v) is 12.0. The minimum absolute atomic E-state index is 0.0946. The van der Waals surface area contributed by atoms with Gasteiger partial charge in [-0.2, -0.15) is 13.1 Å². The predicted octanol–water partition coefficient (Wildman–Crippen LogP) is 0.209. The van der Waals surface area contributed by atoms with Crippen molar-refractivity contribution in [2.45, 2.75) is 39.3 Å². The van der Waals surface area contributed by atoms with Crippen LogP contribution in [0.25, 0.3) is 0 Å². The Morgan fingerprint density at radius 2 is 2.06 bits per heavy atom. The number of hydrogen-bond acceptors (Lipinski definition) is 4. The third kappa shape index (κ3) is 2.43. The van der Waals surface area contributed by atoms with Gasteiger partial charge in [0.15, 0.2) is 0 Å². The van der Waals surface area contributed by atoms with Gasteiger partial charge < -0.3 is 4.90 Å². The van der Waals surface area contributed by atoms with Crippen LogP contribution >= 0.6 is 0 Å². The van der Waals surface area contributed by atoms with E-state index in [0.717, 1.165) is 12.3 Å². The molecule has 7 heteroatoms. The minimum Gasteiger partial charge on any atom is -0.332 e. The first-order valence-corrected chi connectivity index (χ1v) is 7.54. The highest BCUT2D eigenvalue weighted by Crippen LogP contribution is 2.31. The maximum absolute atomic E-state index is 11.5. The second-order valence-electron chi connectivity index (χ2n) is 4.82. The summed E-state index contributed by atoms with van der Waals surface area (Å²) in [6.07, 6.45) is 0.726. The molecule has 0 saturated carbocycles. The lowest BCUT2D eigenvalue weighted by molar-refractivity contribution is 0.507. The van der Waals surface area contributed by atoms with Crippen molar-refractivity contribution in [3.63, 3.8) is 0 Å². The molecule has 0 aliphatic carbocycles. The molecule has 0 bridgehead atoms. The first kappa shape index (κ1) is 13.5. The second kappa shape index (κ2) is 4.64. The molecule has 2 N–H and O–H groups in total. The number of rotatable bonds is 3. The third-order valence-corrected chi connectivity index (χ3v) is 4.79. The van der Waals surface area contributed by atoms with Crippen LogP contribution in [0.3, 0.4) is 0 Å². The normalized spacial score (nSPS) is 28.4. The van der Waals surface area contributed by atoms with E-state index in [4.69, 9.17) is 0 Å².